The van der Waals surface area contributed by atoms with Crippen molar-refractivity contribution in [3.63, 3.8) is 0 Å². The van der Waals surface area contributed by atoms with E-state index in [-0.39, 0.29) is 5.88 Å². The maximum atomic E-state index is 11.9. The van der Waals surface area contributed by atoms with Crippen molar-refractivity contribution >= 4 is 17.6 Å². The summed E-state index contributed by atoms with van der Waals surface area (Å²) in [5.74, 6) is -0.128. The number of alkyl halides is 3. The van der Waals surface area contributed by atoms with Crippen molar-refractivity contribution in [2.45, 2.75) is 31.7 Å². The molecule has 1 rings (SSSR count). The Morgan fingerprint density at radius 2 is 2.00 bits per heavy atom. The number of hydrogen-bond donors (Lipinski definition) is 0. The SMILES string of the molecule is CC(C)(C)[S+]([O-])N=Cc1ccc(OCC(F)(F)F)nc1. The summed E-state index contributed by atoms with van der Waals surface area (Å²) in [7, 11) is 0. The summed E-state index contributed by atoms with van der Waals surface area (Å²) in [6, 6.07) is 2.79. The second-order valence-electron chi connectivity index (χ2n) is 4.93. The lowest BCUT2D eigenvalue weighted by Crippen LogP contribution is -2.25. The molecule has 0 N–H and O–H groups in total. The molecule has 0 radical (unpaired) electrons. The number of rotatable bonds is 4. The van der Waals surface area contributed by atoms with Crippen molar-refractivity contribution < 1.29 is 22.5 Å². The average molecular weight is 308 g/mol. The van der Waals surface area contributed by atoms with E-state index in [1.807, 2.05) is 0 Å². The smallest absolute Gasteiger partial charge is 0.422 e. The third kappa shape index (κ3) is 6.25. The molecule has 0 aliphatic carbocycles. The zero-order chi connectivity index (χ0) is 15.4. The standard InChI is InChI=1S/C12H15F3N2O2S/c1-11(2,3)20(18)17-7-9-4-5-10(16-6-9)19-8-12(13,14)15/h4-7H,8H2,1-3H3. The molecule has 0 saturated heterocycles. The van der Waals surface area contributed by atoms with Gasteiger partial charge in [-0.3, -0.25) is 0 Å². The van der Waals surface area contributed by atoms with Crippen LogP contribution in [0.2, 0.25) is 0 Å². The molecular weight excluding hydrogens is 293 g/mol. The molecule has 1 atom stereocenters. The van der Waals surface area contributed by atoms with Crippen LogP contribution in [0.15, 0.2) is 22.7 Å². The number of nitrogens with zero attached hydrogens (tertiary/aromatic N) is 2. The van der Waals surface area contributed by atoms with Gasteiger partial charge >= 0.3 is 6.18 Å². The van der Waals surface area contributed by atoms with Gasteiger partial charge in [0.25, 0.3) is 0 Å². The van der Waals surface area contributed by atoms with Crippen LogP contribution in [0.3, 0.4) is 0 Å². The Morgan fingerprint density at radius 1 is 1.35 bits per heavy atom. The van der Waals surface area contributed by atoms with Crippen LogP contribution in [0.4, 0.5) is 13.2 Å². The summed E-state index contributed by atoms with van der Waals surface area (Å²) >= 11 is -1.40. The summed E-state index contributed by atoms with van der Waals surface area (Å²) in [4.78, 5) is 3.71. The van der Waals surface area contributed by atoms with Crippen LogP contribution in [-0.2, 0) is 11.4 Å². The summed E-state index contributed by atoms with van der Waals surface area (Å²) in [5, 5.41) is 0. The minimum atomic E-state index is -4.40. The first-order chi connectivity index (χ1) is 9.08. The van der Waals surface area contributed by atoms with E-state index in [1.165, 1.54) is 24.5 Å². The fourth-order valence-electron chi connectivity index (χ4n) is 0.976. The molecule has 4 nitrogen and oxygen atoms in total. The first-order valence-electron chi connectivity index (χ1n) is 5.69. The predicted octanol–water partition coefficient (Wildman–Crippen LogP) is 2.90. The molecule has 1 aromatic rings. The Kier molecular flexibility index (Phi) is 5.41. The van der Waals surface area contributed by atoms with Gasteiger partial charge in [-0.1, -0.05) is 4.40 Å². The zero-order valence-electron chi connectivity index (χ0n) is 11.3. The predicted molar refractivity (Wildman–Crippen MR) is 71.3 cm³/mol. The highest BCUT2D eigenvalue weighted by Gasteiger charge is 2.28. The molecule has 0 saturated carbocycles. The lowest BCUT2D eigenvalue weighted by molar-refractivity contribution is -0.154. The van der Waals surface area contributed by atoms with Crippen LogP contribution in [0.5, 0.6) is 5.88 Å². The van der Waals surface area contributed by atoms with Crippen LogP contribution >= 0.6 is 0 Å². The molecule has 0 aromatic carbocycles. The molecule has 8 heteroatoms. The van der Waals surface area contributed by atoms with E-state index in [4.69, 9.17) is 0 Å². The molecule has 1 heterocycles. The maximum absolute atomic E-state index is 11.9. The van der Waals surface area contributed by atoms with Crippen LogP contribution in [0, 0.1) is 0 Å². The van der Waals surface area contributed by atoms with Crippen molar-refractivity contribution in [1.82, 2.24) is 4.98 Å². The van der Waals surface area contributed by atoms with Crippen LogP contribution in [-0.4, -0.2) is 33.3 Å². The van der Waals surface area contributed by atoms with E-state index in [9.17, 15) is 17.7 Å². The average Bonchev–Trinajstić information content (AvgIpc) is 2.32. The fraction of sp³-hybridized carbons (Fsp3) is 0.500. The Hall–Kier alpha value is -1.28. The second kappa shape index (κ2) is 6.45. The van der Waals surface area contributed by atoms with E-state index < -0.39 is 28.9 Å². The summed E-state index contributed by atoms with van der Waals surface area (Å²) in [6.07, 6.45) is -1.73. The van der Waals surface area contributed by atoms with Gasteiger partial charge in [-0.2, -0.15) is 13.2 Å². The number of ether oxygens (including phenoxy) is 1. The molecule has 0 aliphatic rings. The van der Waals surface area contributed by atoms with Gasteiger partial charge in [-0.25, -0.2) is 4.98 Å². The van der Waals surface area contributed by atoms with Crippen molar-refractivity contribution in [3.05, 3.63) is 23.9 Å². The molecule has 20 heavy (non-hydrogen) atoms. The van der Waals surface area contributed by atoms with Gasteiger partial charge in [0, 0.05) is 17.8 Å². The van der Waals surface area contributed by atoms with Gasteiger partial charge in [-0.05, 0) is 26.8 Å². The third-order valence-electron chi connectivity index (χ3n) is 1.96. The van der Waals surface area contributed by atoms with Crippen LogP contribution in [0.25, 0.3) is 0 Å². The molecule has 1 unspecified atom stereocenters. The number of hydrogen-bond acceptors (Lipinski definition) is 4. The Bertz CT molecular complexity index is 455. The van der Waals surface area contributed by atoms with Crippen molar-refractivity contribution in [2.24, 2.45) is 4.40 Å². The monoisotopic (exact) mass is 308 g/mol. The highest BCUT2D eigenvalue weighted by Crippen LogP contribution is 2.18. The van der Waals surface area contributed by atoms with Crippen LogP contribution in [0.1, 0.15) is 26.3 Å². The molecule has 0 amide bonds. The van der Waals surface area contributed by atoms with E-state index in [0.717, 1.165) is 0 Å². The Labute approximate surface area is 118 Å². The molecule has 1 aromatic heterocycles. The maximum Gasteiger partial charge on any atom is 0.422 e. The fourth-order valence-corrected chi connectivity index (χ4v) is 1.51. The van der Waals surface area contributed by atoms with Gasteiger partial charge < -0.3 is 9.29 Å². The molecule has 0 spiro atoms. The highest BCUT2D eigenvalue weighted by atomic mass is 32.2. The van der Waals surface area contributed by atoms with Crippen molar-refractivity contribution in [3.8, 4) is 5.88 Å². The number of halogens is 3. The second-order valence-corrected chi connectivity index (χ2v) is 6.86. The molecular formula is C12H15F3N2O2S. The van der Waals surface area contributed by atoms with E-state index >= 15 is 0 Å². The van der Waals surface area contributed by atoms with Gasteiger partial charge in [0.15, 0.2) is 6.61 Å². The first-order valence-corrected chi connectivity index (χ1v) is 6.80. The third-order valence-corrected chi connectivity index (χ3v) is 3.31. The topological polar surface area (TPSA) is 57.5 Å². The lowest BCUT2D eigenvalue weighted by atomic mass is 10.3. The minimum Gasteiger partial charge on any atom is -0.591 e. The van der Waals surface area contributed by atoms with Crippen molar-refractivity contribution in [1.29, 1.82) is 0 Å². The van der Waals surface area contributed by atoms with Gasteiger partial charge in [-0.15, -0.1) is 0 Å². The minimum absolute atomic E-state index is 0.128. The number of aromatic nitrogens is 1. The van der Waals surface area contributed by atoms with Gasteiger partial charge in [0.2, 0.25) is 5.88 Å². The van der Waals surface area contributed by atoms with Crippen LogP contribution < -0.4 is 4.74 Å². The van der Waals surface area contributed by atoms with Gasteiger partial charge in [0.05, 0.1) is 6.21 Å². The quantitative estimate of drug-likeness (QED) is 0.635. The van der Waals surface area contributed by atoms with E-state index in [2.05, 4.69) is 14.1 Å². The lowest BCUT2D eigenvalue weighted by Gasteiger charge is -2.17. The molecule has 0 fully saturated rings. The molecule has 0 bridgehead atoms. The Morgan fingerprint density at radius 3 is 2.45 bits per heavy atom. The van der Waals surface area contributed by atoms with E-state index in [1.54, 1.807) is 20.8 Å². The summed E-state index contributed by atoms with van der Waals surface area (Å²) in [6.45, 7) is 3.97. The highest BCUT2D eigenvalue weighted by molar-refractivity contribution is 7.91. The first kappa shape index (κ1) is 16.8. The Balaban J connectivity index is 2.61. The molecule has 0 aliphatic heterocycles. The summed E-state index contributed by atoms with van der Waals surface area (Å²) in [5.41, 5.74) is 0.530. The van der Waals surface area contributed by atoms with Crippen molar-refractivity contribution in [2.75, 3.05) is 6.61 Å². The largest absolute Gasteiger partial charge is 0.591 e. The molecule has 112 valence electrons. The summed E-state index contributed by atoms with van der Waals surface area (Å²) < 4.78 is 55.3. The number of pyridine rings is 1. The van der Waals surface area contributed by atoms with E-state index in [0.29, 0.717) is 5.56 Å². The zero-order valence-corrected chi connectivity index (χ0v) is 12.1. The normalized spacial score (nSPS) is 14.6. The van der Waals surface area contributed by atoms with Gasteiger partial charge in [0.1, 0.15) is 16.1 Å².